The molecule has 6 heteroatoms. The quantitative estimate of drug-likeness (QED) is 0.442. The van der Waals surface area contributed by atoms with Crippen molar-refractivity contribution < 1.29 is 19.4 Å². The van der Waals surface area contributed by atoms with Crippen LogP contribution in [0.3, 0.4) is 0 Å². The molecule has 0 heterocycles. The highest BCUT2D eigenvalue weighted by atomic mass is 16.5. The summed E-state index contributed by atoms with van der Waals surface area (Å²) < 4.78 is 5.42. The van der Waals surface area contributed by atoms with Gasteiger partial charge in [0.05, 0.1) is 5.71 Å². The van der Waals surface area contributed by atoms with Gasteiger partial charge in [-0.05, 0) is 36.5 Å². The number of hydrazone groups is 1. The number of amides is 1. The van der Waals surface area contributed by atoms with Gasteiger partial charge in [-0.1, -0.05) is 72.8 Å². The van der Waals surface area contributed by atoms with E-state index in [0.29, 0.717) is 30.7 Å². The lowest BCUT2D eigenvalue weighted by molar-refractivity contribution is -0.139. The van der Waals surface area contributed by atoms with Crippen LogP contribution in [-0.2, 0) is 22.4 Å². The lowest BCUT2D eigenvalue weighted by Crippen LogP contribution is -2.32. The summed E-state index contributed by atoms with van der Waals surface area (Å²) in [5.41, 5.74) is 7.32. The van der Waals surface area contributed by atoms with Crippen LogP contribution in [0.5, 0.6) is 5.75 Å². The van der Waals surface area contributed by atoms with E-state index in [1.807, 2.05) is 72.8 Å². The molecule has 1 unspecified atom stereocenters. The zero-order valence-electron chi connectivity index (χ0n) is 17.5. The molecule has 3 aromatic rings. The fourth-order valence-electron chi connectivity index (χ4n) is 3.96. The molecule has 1 atom stereocenters. The molecule has 1 amide bonds. The molecule has 4 rings (SSSR count). The molecule has 1 aliphatic carbocycles. The Hall–Kier alpha value is -3.93. The van der Waals surface area contributed by atoms with Crippen molar-refractivity contribution in [1.29, 1.82) is 0 Å². The molecule has 0 saturated heterocycles. The first-order chi connectivity index (χ1) is 15.6. The second-order valence-corrected chi connectivity index (χ2v) is 7.68. The van der Waals surface area contributed by atoms with Gasteiger partial charge in [0, 0.05) is 17.0 Å². The lowest BCUT2D eigenvalue weighted by Gasteiger charge is -2.25. The van der Waals surface area contributed by atoms with E-state index in [9.17, 15) is 9.59 Å². The van der Waals surface area contributed by atoms with E-state index in [-0.39, 0.29) is 18.4 Å². The molecule has 0 aliphatic heterocycles. The molecule has 0 saturated carbocycles. The normalized spacial score (nSPS) is 14.7. The van der Waals surface area contributed by atoms with E-state index >= 15 is 0 Å². The third-order valence-electron chi connectivity index (χ3n) is 5.53. The summed E-state index contributed by atoms with van der Waals surface area (Å²) in [6.07, 6.45) is 1.86. The fraction of sp³-hybridized carbons (Fsp3) is 0.192. The van der Waals surface area contributed by atoms with Crippen LogP contribution in [0.1, 0.15) is 28.7 Å². The smallest absolute Gasteiger partial charge is 0.341 e. The van der Waals surface area contributed by atoms with E-state index in [1.165, 1.54) is 0 Å². The summed E-state index contributed by atoms with van der Waals surface area (Å²) >= 11 is 0. The van der Waals surface area contributed by atoms with Gasteiger partial charge in [-0.2, -0.15) is 5.10 Å². The van der Waals surface area contributed by atoms with Gasteiger partial charge in [0.25, 0.3) is 0 Å². The van der Waals surface area contributed by atoms with Gasteiger partial charge in [0.1, 0.15) is 5.75 Å². The van der Waals surface area contributed by atoms with Crippen molar-refractivity contribution in [2.45, 2.75) is 19.3 Å². The number of nitrogens with zero attached hydrogens (tertiary/aromatic N) is 1. The number of carbonyl (C=O) groups is 2. The van der Waals surface area contributed by atoms with Crippen LogP contribution in [-0.4, -0.2) is 29.3 Å². The first-order valence-electron chi connectivity index (χ1n) is 10.6. The van der Waals surface area contributed by atoms with Crippen LogP contribution in [0.15, 0.2) is 84.0 Å². The number of nitrogens with one attached hydrogen (secondary N) is 1. The summed E-state index contributed by atoms with van der Waals surface area (Å²) in [7, 11) is 0. The first-order valence-corrected chi connectivity index (χ1v) is 10.6. The van der Waals surface area contributed by atoms with Crippen molar-refractivity contribution in [2.75, 3.05) is 6.61 Å². The zero-order valence-corrected chi connectivity index (χ0v) is 17.5. The minimum Gasteiger partial charge on any atom is -0.482 e. The maximum absolute atomic E-state index is 12.9. The highest BCUT2D eigenvalue weighted by molar-refractivity contribution is 6.13. The van der Waals surface area contributed by atoms with Crippen LogP contribution < -0.4 is 10.2 Å². The van der Waals surface area contributed by atoms with Gasteiger partial charge in [0.2, 0.25) is 5.91 Å². The Bertz CT molecular complexity index is 1090. The minimum atomic E-state index is -1.01. The first kappa shape index (κ1) is 21.3. The van der Waals surface area contributed by atoms with Crippen molar-refractivity contribution in [3.63, 3.8) is 0 Å². The number of rotatable bonds is 7. The zero-order chi connectivity index (χ0) is 22.3. The molecule has 162 valence electrons. The number of hydrogen-bond acceptors (Lipinski definition) is 4. The third-order valence-corrected chi connectivity index (χ3v) is 5.53. The molecular weight excluding hydrogens is 404 g/mol. The summed E-state index contributed by atoms with van der Waals surface area (Å²) in [5.74, 6) is -0.774. The predicted octanol–water partition coefficient (Wildman–Crippen LogP) is 3.82. The molecule has 2 N–H and O–H groups in total. The molecule has 0 spiro atoms. The fourth-order valence-corrected chi connectivity index (χ4v) is 3.96. The summed E-state index contributed by atoms with van der Waals surface area (Å²) in [6.45, 7) is -0.378. The second-order valence-electron chi connectivity index (χ2n) is 7.68. The van der Waals surface area contributed by atoms with Crippen LogP contribution in [0.2, 0.25) is 0 Å². The summed E-state index contributed by atoms with van der Waals surface area (Å²) in [4.78, 5) is 23.8. The van der Waals surface area contributed by atoms with E-state index in [2.05, 4.69) is 10.5 Å². The molecule has 32 heavy (non-hydrogen) atoms. The van der Waals surface area contributed by atoms with Crippen molar-refractivity contribution in [3.05, 3.63) is 101 Å². The standard InChI is InChI=1S/C26H24N2O4/c29-24(30)17-32-23-13-7-12-20-16-21(14-15-22(20)23)26(31)28-27-25(18-8-3-1-4-9-18)19-10-5-2-6-11-19/h1-13,21H,14-17H2,(H,28,31)(H,29,30). The number of carboxylic acid groups (broad SMARTS) is 1. The molecule has 0 radical (unpaired) electrons. The number of carbonyl (C=O) groups excluding carboxylic acids is 1. The Labute approximate surface area is 186 Å². The SMILES string of the molecule is O=C(O)COc1cccc2c1CCC(C(=O)NN=C(c1ccccc1)c1ccccc1)C2. The molecule has 0 aromatic heterocycles. The molecule has 0 bridgehead atoms. The second kappa shape index (κ2) is 9.92. The molecule has 3 aromatic carbocycles. The van der Waals surface area contributed by atoms with Crippen LogP contribution in [0.4, 0.5) is 0 Å². The molecule has 0 fully saturated rings. The average molecular weight is 428 g/mol. The number of ether oxygens (including phenoxy) is 1. The van der Waals surface area contributed by atoms with Gasteiger partial charge < -0.3 is 9.84 Å². The maximum Gasteiger partial charge on any atom is 0.341 e. The maximum atomic E-state index is 12.9. The lowest BCUT2D eigenvalue weighted by atomic mass is 9.83. The van der Waals surface area contributed by atoms with Gasteiger partial charge >= 0.3 is 5.97 Å². The van der Waals surface area contributed by atoms with Crippen molar-refractivity contribution >= 4 is 17.6 Å². The Morgan fingerprint density at radius 1 is 0.938 bits per heavy atom. The minimum absolute atomic E-state index is 0.128. The van der Waals surface area contributed by atoms with Crippen LogP contribution in [0.25, 0.3) is 0 Å². The number of fused-ring (bicyclic) bond motifs is 1. The molecule has 1 aliphatic rings. The Morgan fingerprint density at radius 2 is 1.59 bits per heavy atom. The summed E-state index contributed by atoms with van der Waals surface area (Å²) in [5, 5.41) is 13.4. The highest BCUT2D eigenvalue weighted by Crippen LogP contribution is 2.32. The largest absolute Gasteiger partial charge is 0.482 e. The Balaban J connectivity index is 1.50. The van der Waals surface area contributed by atoms with Crippen molar-refractivity contribution in [3.8, 4) is 5.75 Å². The highest BCUT2D eigenvalue weighted by Gasteiger charge is 2.26. The number of hydrogen-bond donors (Lipinski definition) is 2. The van der Waals surface area contributed by atoms with Crippen molar-refractivity contribution in [2.24, 2.45) is 11.0 Å². The number of aliphatic carboxylic acids is 1. The molecular formula is C26H24N2O4. The average Bonchev–Trinajstić information content (AvgIpc) is 2.83. The predicted molar refractivity (Wildman–Crippen MR) is 122 cm³/mol. The number of carboxylic acids is 1. The molecule has 6 nitrogen and oxygen atoms in total. The van der Waals surface area contributed by atoms with E-state index in [0.717, 1.165) is 22.3 Å². The van der Waals surface area contributed by atoms with E-state index in [4.69, 9.17) is 9.84 Å². The van der Waals surface area contributed by atoms with E-state index < -0.39 is 5.97 Å². The topological polar surface area (TPSA) is 88.0 Å². The van der Waals surface area contributed by atoms with E-state index in [1.54, 1.807) is 6.07 Å². The summed E-state index contributed by atoms with van der Waals surface area (Å²) in [6, 6.07) is 25.1. The van der Waals surface area contributed by atoms with Gasteiger partial charge in [0.15, 0.2) is 6.61 Å². The third kappa shape index (κ3) is 5.03. The van der Waals surface area contributed by atoms with Crippen molar-refractivity contribution in [1.82, 2.24) is 5.43 Å². The number of benzene rings is 3. The van der Waals surface area contributed by atoms with Crippen LogP contribution in [0, 0.1) is 5.92 Å². The Morgan fingerprint density at radius 3 is 2.22 bits per heavy atom. The van der Waals surface area contributed by atoms with Crippen LogP contribution >= 0.6 is 0 Å². The Kier molecular flexibility index (Phi) is 6.60. The van der Waals surface area contributed by atoms with Gasteiger partial charge in [-0.15, -0.1) is 0 Å². The van der Waals surface area contributed by atoms with Gasteiger partial charge in [-0.25, -0.2) is 10.2 Å². The van der Waals surface area contributed by atoms with Gasteiger partial charge in [-0.3, -0.25) is 4.79 Å². The monoisotopic (exact) mass is 428 g/mol.